The van der Waals surface area contributed by atoms with Crippen molar-refractivity contribution in [3.05, 3.63) is 23.6 Å². The van der Waals surface area contributed by atoms with Gasteiger partial charge in [0, 0.05) is 12.1 Å². The zero-order valence-electron chi connectivity index (χ0n) is 10.6. The minimum atomic E-state index is -1.27. The van der Waals surface area contributed by atoms with Gasteiger partial charge in [0.15, 0.2) is 17.5 Å². The van der Waals surface area contributed by atoms with E-state index in [0.29, 0.717) is 6.07 Å². The van der Waals surface area contributed by atoms with Gasteiger partial charge in [-0.1, -0.05) is 20.3 Å². The molecule has 0 saturated heterocycles. The van der Waals surface area contributed by atoms with E-state index in [-0.39, 0.29) is 17.3 Å². The molecule has 0 radical (unpaired) electrons. The topological polar surface area (TPSA) is 24.9 Å². The van der Waals surface area contributed by atoms with Gasteiger partial charge in [0.1, 0.15) is 0 Å². The molecule has 100 valence electrons. The van der Waals surface area contributed by atoms with Crippen molar-refractivity contribution in [2.75, 3.05) is 5.32 Å². The van der Waals surface area contributed by atoms with E-state index in [9.17, 15) is 13.2 Å². The molecule has 0 aliphatic heterocycles. The molecule has 1 atom stereocenters. The third kappa shape index (κ3) is 2.94. The molecule has 1 fully saturated rings. The molecule has 1 aliphatic carbocycles. The molecule has 1 saturated carbocycles. The summed E-state index contributed by atoms with van der Waals surface area (Å²) in [6.07, 6.45) is 3.92. The van der Waals surface area contributed by atoms with Gasteiger partial charge in [0.05, 0.1) is 0 Å². The van der Waals surface area contributed by atoms with E-state index in [1.165, 1.54) is 0 Å². The molecular formula is C13H17F3N2. The van der Waals surface area contributed by atoms with Crippen LogP contribution in [0, 0.1) is 23.0 Å². The van der Waals surface area contributed by atoms with Gasteiger partial charge in [0.25, 0.3) is 5.95 Å². The van der Waals surface area contributed by atoms with Crippen LogP contribution in [-0.2, 0) is 0 Å². The first kappa shape index (κ1) is 13.2. The second kappa shape index (κ2) is 4.78. The normalized spacial score (nSPS) is 22.8. The van der Waals surface area contributed by atoms with Crippen molar-refractivity contribution < 1.29 is 13.2 Å². The molecule has 1 N–H and O–H groups in total. The highest BCUT2D eigenvalue weighted by atomic mass is 19.2. The van der Waals surface area contributed by atoms with Gasteiger partial charge in [-0.3, -0.25) is 0 Å². The van der Waals surface area contributed by atoms with Crippen molar-refractivity contribution in [3.63, 3.8) is 0 Å². The lowest BCUT2D eigenvalue weighted by molar-refractivity contribution is 0.229. The second-order valence-electron chi connectivity index (χ2n) is 5.69. The largest absolute Gasteiger partial charge is 0.365 e. The molecule has 0 amide bonds. The van der Waals surface area contributed by atoms with Crippen molar-refractivity contribution >= 4 is 5.82 Å². The van der Waals surface area contributed by atoms with Crippen LogP contribution < -0.4 is 5.32 Å². The first-order valence-corrected chi connectivity index (χ1v) is 6.15. The average Bonchev–Trinajstić information content (AvgIpc) is 2.24. The summed E-state index contributed by atoms with van der Waals surface area (Å²) in [5, 5.41) is 2.88. The summed E-state index contributed by atoms with van der Waals surface area (Å²) in [7, 11) is 0. The quantitative estimate of drug-likeness (QED) is 0.814. The summed E-state index contributed by atoms with van der Waals surface area (Å²) in [6.45, 7) is 4.30. The van der Waals surface area contributed by atoms with Crippen LogP contribution in [0.4, 0.5) is 19.0 Å². The third-order valence-electron chi connectivity index (χ3n) is 3.43. The highest BCUT2D eigenvalue weighted by molar-refractivity contribution is 5.37. The molecular weight excluding hydrogens is 241 g/mol. The molecule has 0 aromatic carbocycles. The molecule has 1 heterocycles. The number of nitrogens with one attached hydrogen (secondary N) is 1. The van der Waals surface area contributed by atoms with Crippen molar-refractivity contribution in [2.45, 2.75) is 45.6 Å². The number of aromatic nitrogens is 1. The molecule has 0 bridgehead atoms. The van der Waals surface area contributed by atoms with Gasteiger partial charge < -0.3 is 5.32 Å². The van der Waals surface area contributed by atoms with E-state index in [4.69, 9.17) is 0 Å². The number of halogens is 3. The summed E-state index contributed by atoms with van der Waals surface area (Å²) < 4.78 is 39.2. The summed E-state index contributed by atoms with van der Waals surface area (Å²) >= 11 is 0. The molecule has 1 aliphatic rings. The Bertz CT molecular complexity index is 446. The summed E-state index contributed by atoms with van der Waals surface area (Å²) in [4.78, 5) is 3.29. The molecule has 2 rings (SSSR count). The zero-order valence-corrected chi connectivity index (χ0v) is 10.6. The molecule has 0 spiro atoms. The average molecular weight is 258 g/mol. The third-order valence-corrected chi connectivity index (χ3v) is 3.43. The first-order chi connectivity index (χ1) is 8.37. The van der Waals surface area contributed by atoms with Crippen LogP contribution in [-0.4, -0.2) is 11.0 Å². The van der Waals surface area contributed by atoms with Crippen LogP contribution >= 0.6 is 0 Å². The fourth-order valence-corrected chi connectivity index (χ4v) is 2.56. The number of nitrogens with zero attached hydrogens (tertiary/aromatic N) is 1. The van der Waals surface area contributed by atoms with E-state index in [2.05, 4.69) is 24.1 Å². The lowest BCUT2D eigenvalue weighted by Gasteiger charge is -2.35. The van der Waals surface area contributed by atoms with Crippen LogP contribution in [0.5, 0.6) is 0 Å². The number of pyridine rings is 1. The van der Waals surface area contributed by atoms with Gasteiger partial charge in [-0.2, -0.15) is 9.37 Å². The monoisotopic (exact) mass is 258 g/mol. The van der Waals surface area contributed by atoms with Crippen LogP contribution in [0.15, 0.2) is 6.07 Å². The Morgan fingerprint density at radius 2 is 2.00 bits per heavy atom. The summed E-state index contributed by atoms with van der Waals surface area (Å²) in [6, 6.07) is 0.583. The molecule has 1 unspecified atom stereocenters. The summed E-state index contributed by atoms with van der Waals surface area (Å²) in [5.74, 6) is -3.58. The SMILES string of the molecule is CC1(C)CCCC(Nc2nc(F)c(F)cc2F)C1. The fraction of sp³-hybridized carbons (Fsp3) is 0.615. The van der Waals surface area contributed by atoms with E-state index >= 15 is 0 Å². The van der Waals surface area contributed by atoms with Crippen molar-refractivity contribution in [1.29, 1.82) is 0 Å². The van der Waals surface area contributed by atoms with E-state index in [1.54, 1.807) is 0 Å². The second-order valence-corrected chi connectivity index (χ2v) is 5.69. The number of hydrogen-bond donors (Lipinski definition) is 1. The van der Waals surface area contributed by atoms with Crippen molar-refractivity contribution in [1.82, 2.24) is 4.98 Å². The predicted octanol–water partition coefficient (Wildman–Crippen LogP) is 3.88. The summed E-state index contributed by atoms with van der Waals surface area (Å²) in [5.41, 5.74) is 0.185. The van der Waals surface area contributed by atoms with Crippen LogP contribution in [0.25, 0.3) is 0 Å². The Labute approximate surface area is 105 Å². The maximum Gasteiger partial charge on any atom is 0.251 e. The Morgan fingerprint density at radius 3 is 2.67 bits per heavy atom. The molecule has 18 heavy (non-hydrogen) atoms. The minimum absolute atomic E-state index is 0.0561. The Hall–Kier alpha value is -1.26. The van der Waals surface area contributed by atoms with E-state index in [0.717, 1.165) is 25.7 Å². The van der Waals surface area contributed by atoms with Crippen molar-refractivity contribution in [2.24, 2.45) is 5.41 Å². The van der Waals surface area contributed by atoms with Gasteiger partial charge in [-0.15, -0.1) is 0 Å². The van der Waals surface area contributed by atoms with Gasteiger partial charge >= 0.3 is 0 Å². The van der Waals surface area contributed by atoms with Gasteiger partial charge in [-0.25, -0.2) is 8.78 Å². The smallest absolute Gasteiger partial charge is 0.251 e. The van der Waals surface area contributed by atoms with Gasteiger partial charge in [0.2, 0.25) is 0 Å². The van der Waals surface area contributed by atoms with Crippen LogP contribution in [0.1, 0.15) is 39.5 Å². The van der Waals surface area contributed by atoms with Crippen LogP contribution in [0.3, 0.4) is 0 Å². The fourth-order valence-electron chi connectivity index (χ4n) is 2.56. The highest BCUT2D eigenvalue weighted by Gasteiger charge is 2.28. The standard InChI is InChI=1S/C13H17F3N2/c1-13(2)5-3-4-8(7-13)17-12-10(15)6-9(14)11(16)18-12/h6,8H,3-5,7H2,1-2H3,(H,17,18). The molecule has 1 aromatic heterocycles. The molecule has 1 aromatic rings. The highest BCUT2D eigenvalue weighted by Crippen LogP contribution is 2.36. The van der Waals surface area contributed by atoms with E-state index < -0.39 is 17.6 Å². The van der Waals surface area contributed by atoms with E-state index in [1.807, 2.05) is 0 Å². The predicted molar refractivity (Wildman–Crippen MR) is 63.8 cm³/mol. The maximum atomic E-state index is 13.4. The van der Waals surface area contributed by atoms with Gasteiger partial charge in [-0.05, 0) is 24.7 Å². The minimum Gasteiger partial charge on any atom is -0.365 e. The lowest BCUT2D eigenvalue weighted by atomic mass is 9.75. The number of anilines is 1. The number of hydrogen-bond acceptors (Lipinski definition) is 2. The maximum absolute atomic E-state index is 13.4. The lowest BCUT2D eigenvalue weighted by Crippen LogP contribution is -2.32. The molecule has 2 nitrogen and oxygen atoms in total. The van der Waals surface area contributed by atoms with Crippen LogP contribution in [0.2, 0.25) is 0 Å². The zero-order chi connectivity index (χ0) is 13.3. The Balaban J connectivity index is 2.12. The Morgan fingerprint density at radius 1 is 1.28 bits per heavy atom. The first-order valence-electron chi connectivity index (χ1n) is 6.15. The van der Waals surface area contributed by atoms with Crippen molar-refractivity contribution in [3.8, 4) is 0 Å². The molecule has 5 heteroatoms. The number of rotatable bonds is 2. The Kier molecular flexibility index (Phi) is 3.50.